The lowest BCUT2D eigenvalue weighted by Gasteiger charge is -2.05. The molecule has 1 aromatic carbocycles. The highest BCUT2D eigenvalue weighted by Gasteiger charge is 2.09. The van der Waals surface area contributed by atoms with Crippen molar-refractivity contribution < 1.29 is 0 Å². The highest BCUT2D eigenvalue weighted by molar-refractivity contribution is 7.20. The number of nitrogens with one attached hydrogen (secondary N) is 1. The van der Waals surface area contributed by atoms with E-state index in [1.54, 1.807) is 6.20 Å². The highest BCUT2D eigenvalue weighted by Crippen LogP contribution is 2.20. The molecule has 0 aliphatic carbocycles. The van der Waals surface area contributed by atoms with Crippen molar-refractivity contribution in [2.75, 3.05) is 5.32 Å². The number of aryl methyl sites for hydroxylation is 1. The maximum Gasteiger partial charge on any atom is 0.275 e. The van der Waals surface area contributed by atoms with E-state index in [0.29, 0.717) is 16.6 Å². The fraction of sp³-hybridized carbons (Fsp3) is 0.176. The van der Waals surface area contributed by atoms with E-state index in [2.05, 4.69) is 20.4 Å². The van der Waals surface area contributed by atoms with Gasteiger partial charge in [-0.2, -0.15) is 4.52 Å². The Labute approximate surface area is 141 Å². The summed E-state index contributed by atoms with van der Waals surface area (Å²) in [5.74, 6) is 0. The highest BCUT2D eigenvalue weighted by atomic mass is 32.1. The van der Waals surface area contributed by atoms with Crippen LogP contribution in [-0.4, -0.2) is 19.6 Å². The van der Waals surface area contributed by atoms with Crippen LogP contribution in [-0.2, 0) is 13.0 Å². The molecule has 4 rings (SSSR count). The topological polar surface area (TPSA) is 72.2 Å². The number of nitrogens with zero attached hydrogens (tertiary/aromatic N) is 4. The Balaban J connectivity index is 1.65. The van der Waals surface area contributed by atoms with Crippen LogP contribution in [0.2, 0.25) is 0 Å². The number of anilines is 1. The Morgan fingerprint density at radius 2 is 2.12 bits per heavy atom. The van der Waals surface area contributed by atoms with Gasteiger partial charge < -0.3 is 5.32 Å². The summed E-state index contributed by atoms with van der Waals surface area (Å²) in [4.78, 5) is 21.6. The predicted molar refractivity (Wildman–Crippen MR) is 95.6 cm³/mol. The summed E-state index contributed by atoms with van der Waals surface area (Å²) >= 11 is 1.37. The van der Waals surface area contributed by atoms with Crippen LogP contribution >= 0.6 is 11.3 Å². The maximum absolute atomic E-state index is 12.1. The van der Waals surface area contributed by atoms with Crippen molar-refractivity contribution in [3.63, 3.8) is 0 Å². The molecule has 0 bridgehead atoms. The molecule has 0 aliphatic rings. The van der Waals surface area contributed by atoms with E-state index >= 15 is 0 Å². The van der Waals surface area contributed by atoms with Gasteiger partial charge in [-0.25, -0.2) is 4.98 Å². The summed E-state index contributed by atoms with van der Waals surface area (Å²) < 4.78 is 1.34. The van der Waals surface area contributed by atoms with E-state index in [9.17, 15) is 4.79 Å². The quantitative estimate of drug-likeness (QED) is 0.620. The summed E-state index contributed by atoms with van der Waals surface area (Å²) in [6.07, 6.45) is 2.52. The second-order valence-corrected chi connectivity index (χ2v) is 6.34. The summed E-state index contributed by atoms with van der Waals surface area (Å²) in [5, 5.41) is 9.36. The molecule has 3 aromatic heterocycles. The van der Waals surface area contributed by atoms with E-state index in [0.717, 1.165) is 28.6 Å². The van der Waals surface area contributed by atoms with Gasteiger partial charge in [-0.3, -0.25) is 9.78 Å². The third-order valence-corrected chi connectivity index (χ3v) is 4.67. The minimum absolute atomic E-state index is 0.145. The Morgan fingerprint density at radius 3 is 3.00 bits per heavy atom. The van der Waals surface area contributed by atoms with Crippen molar-refractivity contribution in [3.05, 3.63) is 64.2 Å². The van der Waals surface area contributed by atoms with Gasteiger partial charge in [-0.05, 0) is 18.1 Å². The van der Waals surface area contributed by atoms with Gasteiger partial charge in [0.15, 0.2) is 0 Å². The number of hydrogen-bond donors (Lipinski definition) is 1. The SMILES string of the molecule is CCc1cc(=O)n2nc(NCc3cccc4cccnc34)sc2n1. The molecular weight excluding hydrogens is 322 g/mol. The molecule has 3 heterocycles. The summed E-state index contributed by atoms with van der Waals surface area (Å²) in [5.41, 5.74) is 2.69. The van der Waals surface area contributed by atoms with E-state index in [1.165, 1.54) is 21.9 Å². The van der Waals surface area contributed by atoms with Crippen molar-refractivity contribution in [2.45, 2.75) is 19.9 Å². The lowest BCUT2D eigenvalue weighted by Crippen LogP contribution is -2.15. The van der Waals surface area contributed by atoms with Crippen LogP contribution in [0.3, 0.4) is 0 Å². The van der Waals surface area contributed by atoms with Crippen LogP contribution in [0.15, 0.2) is 47.4 Å². The van der Waals surface area contributed by atoms with Crippen LogP contribution in [0.25, 0.3) is 15.9 Å². The Bertz CT molecular complexity index is 1080. The zero-order valence-corrected chi connectivity index (χ0v) is 13.9. The Hall–Kier alpha value is -2.80. The third-order valence-electron chi connectivity index (χ3n) is 3.81. The minimum atomic E-state index is -0.145. The molecule has 0 amide bonds. The van der Waals surface area contributed by atoms with Crippen LogP contribution < -0.4 is 10.9 Å². The average Bonchev–Trinajstić information content (AvgIpc) is 3.03. The predicted octanol–water partition coefficient (Wildman–Crippen LogP) is 2.87. The van der Waals surface area contributed by atoms with Gasteiger partial charge in [0.25, 0.3) is 5.56 Å². The molecule has 1 N–H and O–H groups in total. The normalized spacial score (nSPS) is 11.2. The molecule has 0 radical (unpaired) electrons. The first-order chi connectivity index (χ1) is 11.7. The maximum atomic E-state index is 12.1. The largest absolute Gasteiger partial charge is 0.356 e. The fourth-order valence-electron chi connectivity index (χ4n) is 2.59. The summed E-state index contributed by atoms with van der Waals surface area (Å²) in [6.45, 7) is 2.57. The van der Waals surface area contributed by atoms with E-state index in [-0.39, 0.29) is 5.56 Å². The van der Waals surface area contributed by atoms with Crippen molar-refractivity contribution in [2.24, 2.45) is 0 Å². The van der Waals surface area contributed by atoms with Crippen LogP contribution in [0.1, 0.15) is 18.2 Å². The molecule has 7 heteroatoms. The second kappa shape index (κ2) is 6.01. The standard InChI is InChI=1S/C17H15N5OS/c1-2-13-9-14(23)22-17(20-13)24-16(21-22)19-10-12-6-3-5-11-7-4-8-18-15(11)12/h3-9H,2,10H2,1H3,(H,19,21). The van der Waals surface area contributed by atoms with Gasteiger partial charge in [0.05, 0.1) is 5.52 Å². The molecule has 6 nitrogen and oxygen atoms in total. The van der Waals surface area contributed by atoms with E-state index in [1.807, 2.05) is 37.3 Å². The Kier molecular flexibility index (Phi) is 3.70. The number of para-hydroxylation sites is 1. The molecule has 0 atom stereocenters. The fourth-order valence-corrected chi connectivity index (χ4v) is 3.41. The molecular formula is C17H15N5OS. The van der Waals surface area contributed by atoms with Crippen molar-refractivity contribution in [1.29, 1.82) is 0 Å². The number of rotatable bonds is 4. The Morgan fingerprint density at radius 1 is 1.25 bits per heavy atom. The molecule has 0 aliphatic heterocycles. The molecule has 0 saturated heterocycles. The zero-order chi connectivity index (χ0) is 16.5. The summed E-state index contributed by atoms with van der Waals surface area (Å²) in [7, 11) is 0. The number of pyridine rings is 1. The first-order valence-corrected chi connectivity index (χ1v) is 8.52. The lowest BCUT2D eigenvalue weighted by atomic mass is 10.1. The second-order valence-electron chi connectivity index (χ2n) is 5.39. The zero-order valence-electron chi connectivity index (χ0n) is 13.1. The van der Waals surface area contributed by atoms with Gasteiger partial charge in [0.2, 0.25) is 10.1 Å². The van der Waals surface area contributed by atoms with Gasteiger partial charge in [-0.1, -0.05) is 42.5 Å². The smallest absolute Gasteiger partial charge is 0.275 e. The number of hydrogen-bond acceptors (Lipinski definition) is 6. The number of aromatic nitrogens is 4. The number of fused-ring (bicyclic) bond motifs is 2. The van der Waals surface area contributed by atoms with Gasteiger partial charge in [0, 0.05) is 29.9 Å². The number of benzene rings is 1. The van der Waals surface area contributed by atoms with Crippen molar-refractivity contribution >= 4 is 32.3 Å². The van der Waals surface area contributed by atoms with Crippen LogP contribution in [0.5, 0.6) is 0 Å². The average molecular weight is 337 g/mol. The van der Waals surface area contributed by atoms with Gasteiger partial charge in [-0.15, -0.1) is 5.10 Å². The summed E-state index contributed by atoms with van der Waals surface area (Å²) in [6, 6.07) is 11.6. The van der Waals surface area contributed by atoms with E-state index in [4.69, 9.17) is 0 Å². The minimum Gasteiger partial charge on any atom is -0.356 e. The molecule has 120 valence electrons. The lowest BCUT2D eigenvalue weighted by molar-refractivity contribution is 0.874. The first kappa shape index (κ1) is 14.8. The molecule has 0 spiro atoms. The van der Waals surface area contributed by atoms with Gasteiger partial charge >= 0.3 is 0 Å². The molecule has 0 fully saturated rings. The van der Waals surface area contributed by atoms with Crippen molar-refractivity contribution in [1.82, 2.24) is 19.6 Å². The van der Waals surface area contributed by atoms with E-state index < -0.39 is 0 Å². The monoisotopic (exact) mass is 337 g/mol. The third kappa shape index (κ3) is 2.63. The molecule has 24 heavy (non-hydrogen) atoms. The van der Waals surface area contributed by atoms with Gasteiger partial charge in [0.1, 0.15) is 0 Å². The molecule has 4 aromatic rings. The first-order valence-electron chi connectivity index (χ1n) is 7.71. The van der Waals surface area contributed by atoms with Crippen LogP contribution in [0.4, 0.5) is 5.13 Å². The molecule has 0 unspecified atom stereocenters. The molecule has 0 saturated carbocycles. The van der Waals surface area contributed by atoms with Crippen LogP contribution in [0, 0.1) is 0 Å². The van der Waals surface area contributed by atoms with Crippen molar-refractivity contribution in [3.8, 4) is 0 Å².